The minimum Gasteiger partial charge on any atom is -0.404 e. The first-order valence-electron chi connectivity index (χ1n) is 3.03. The standard InChI is InChI=1S/C6H9BrN2O/c7-5(3-8)6-4-10-2-1-9-6/h3H,1-2,4,8H2/b5-3+. The number of nitrogens with zero attached hydrogens (tertiary/aromatic N) is 1. The Morgan fingerprint density at radius 2 is 2.60 bits per heavy atom. The third-order valence-corrected chi connectivity index (χ3v) is 1.92. The summed E-state index contributed by atoms with van der Waals surface area (Å²) in [6, 6.07) is 0. The van der Waals surface area contributed by atoms with Crippen molar-refractivity contribution in [3.05, 3.63) is 10.7 Å². The van der Waals surface area contributed by atoms with Gasteiger partial charge in [-0.2, -0.15) is 0 Å². The molecule has 0 atom stereocenters. The molecule has 0 aromatic carbocycles. The van der Waals surface area contributed by atoms with E-state index < -0.39 is 0 Å². The van der Waals surface area contributed by atoms with Crippen LogP contribution in [0.2, 0.25) is 0 Å². The molecule has 10 heavy (non-hydrogen) atoms. The Balaban J connectivity index is 2.62. The number of hydrogen-bond acceptors (Lipinski definition) is 3. The monoisotopic (exact) mass is 204 g/mol. The van der Waals surface area contributed by atoms with Crippen molar-refractivity contribution in [1.29, 1.82) is 0 Å². The van der Waals surface area contributed by atoms with E-state index in [1.807, 2.05) is 0 Å². The third kappa shape index (κ3) is 1.82. The normalized spacial score (nSPS) is 20.5. The highest BCUT2D eigenvalue weighted by molar-refractivity contribution is 9.12. The highest BCUT2D eigenvalue weighted by Gasteiger charge is 2.06. The zero-order valence-electron chi connectivity index (χ0n) is 5.51. The molecule has 1 rings (SSSR count). The predicted molar refractivity (Wildman–Crippen MR) is 44.3 cm³/mol. The van der Waals surface area contributed by atoms with Gasteiger partial charge in [-0.3, -0.25) is 4.99 Å². The maximum Gasteiger partial charge on any atom is 0.0896 e. The van der Waals surface area contributed by atoms with Gasteiger partial charge in [-0.1, -0.05) is 0 Å². The number of ether oxygens (including phenoxy) is 1. The average molecular weight is 205 g/mol. The summed E-state index contributed by atoms with van der Waals surface area (Å²) in [6.07, 6.45) is 1.48. The van der Waals surface area contributed by atoms with Crippen LogP contribution < -0.4 is 5.73 Å². The quantitative estimate of drug-likeness (QED) is 0.683. The molecule has 4 heteroatoms. The van der Waals surface area contributed by atoms with Crippen LogP contribution in [0, 0.1) is 0 Å². The second-order valence-corrected chi connectivity index (χ2v) is 2.75. The molecule has 0 bridgehead atoms. The van der Waals surface area contributed by atoms with Crippen LogP contribution in [0.25, 0.3) is 0 Å². The lowest BCUT2D eigenvalue weighted by Crippen LogP contribution is -2.18. The molecule has 0 aromatic rings. The first-order valence-corrected chi connectivity index (χ1v) is 3.82. The van der Waals surface area contributed by atoms with Crippen molar-refractivity contribution in [2.24, 2.45) is 10.7 Å². The summed E-state index contributed by atoms with van der Waals surface area (Å²) >= 11 is 3.26. The highest BCUT2D eigenvalue weighted by Crippen LogP contribution is 2.08. The average Bonchev–Trinajstić information content (AvgIpc) is 2.05. The summed E-state index contributed by atoms with van der Waals surface area (Å²) in [5.74, 6) is 0. The topological polar surface area (TPSA) is 47.6 Å². The Labute approximate surface area is 68.1 Å². The summed E-state index contributed by atoms with van der Waals surface area (Å²) in [5.41, 5.74) is 6.15. The first-order chi connectivity index (χ1) is 4.84. The van der Waals surface area contributed by atoms with Gasteiger partial charge in [0.25, 0.3) is 0 Å². The molecule has 0 unspecified atom stereocenters. The number of halogens is 1. The van der Waals surface area contributed by atoms with Gasteiger partial charge in [-0.25, -0.2) is 0 Å². The SMILES string of the molecule is N/C=C(/Br)C1=NCCOC1. The van der Waals surface area contributed by atoms with E-state index in [0.717, 1.165) is 16.7 Å². The van der Waals surface area contributed by atoms with E-state index in [9.17, 15) is 0 Å². The third-order valence-electron chi connectivity index (χ3n) is 1.20. The van der Waals surface area contributed by atoms with Crippen molar-refractivity contribution < 1.29 is 4.74 Å². The molecule has 2 N–H and O–H groups in total. The van der Waals surface area contributed by atoms with Crippen LogP contribution in [0.5, 0.6) is 0 Å². The Hall–Kier alpha value is -0.350. The van der Waals surface area contributed by atoms with Crippen molar-refractivity contribution in [3.8, 4) is 0 Å². The highest BCUT2D eigenvalue weighted by atomic mass is 79.9. The van der Waals surface area contributed by atoms with Crippen LogP contribution in [-0.4, -0.2) is 25.5 Å². The zero-order chi connectivity index (χ0) is 7.40. The maximum absolute atomic E-state index is 5.26. The lowest BCUT2D eigenvalue weighted by atomic mass is 10.3. The molecule has 0 radical (unpaired) electrons. The molecule has 1 aliphatic rings. The zero-order valence-corrected chi connectivity index (χ0v) is 7.10. The van der Waals surface area contributed by atoms with E-state index in [1.54, 1.807) is 0 Å². The number of hydrogen-bond donors (Lipinski definition) is 1. The molecule has 0 amide bonds. The van der Waals surface area contributed by atoms with Gasteiger partial charge in [0.2, 0.25) is 0 Å². The van der Waals surface area contributed by atoms with Crippen LogP contribution in [0.3, 0.4) is 0 Å². The van der Waals surface area contributed by atoms with Gasteiger partial charge in [0.1, 0.15) is 0 Å². The molecule has 0 saturated heterocycles. The summed E-state index contributed by atoms with van der Waals surface area (Å²) in [4.78, 5) is 4.20. The fourth-order valence-electron chi connectivity index (χ4n) is 0.700. The Morgan fingerprint density at radius 1 is 1.80 bits per heavy atom. The Bertz CT molecular complexity index is 177. The van der Waals surface area contributed by atoms with Crippen molar-refractivity contribution in [3.63, 3.8) is 0 Å². The molecule has 0 saturated carbocycles. The van der Waals surface area contributed by atoms with Crippen molar-refractivity contribution in [2.75, 3.05) is 19.8 Å². The number of aliphatic imine (C=N–C) groups is 1. The van der Waals surface area contributed by atoms with Crippen LogP contribution >= 0.6 is 15.9 Å². The van der Waals surface area contributed by atoms with Gasteiger partial charge in [-0.15, -0.1) is 0 Å². The van der Waals surface area contributed by atoms with Gasteiger partial charge >= 0.3 is 0 Å². The van der Waals surface area contributed by atoms with E-state index in [2.05, 4.69) is 20.9 Å². The van der Waals surface area contributed by atoms with E-state index in [0.29, 0.717) is 13.2 Å². The molecule has 3 nitrogen and oxygen atoms in total. The fourth-order valence-corrected chi connectivity index (χ4v) is 0.940. The molecular weight excluding hydrogens is 196 g/mol. The van der Waals surface area contributed by atoms with Crippen LogP contribution in [0.1, 0.15) is 0 Å². The molecule has 0 spiro atoms. The molecule has 1 aliphatic heterocycles. The molecule has 0 aliphatic carbocycles. The van der Waals surface area contributed by atoms with Crippen LogP contribution in [-0.2, 0) is 4.74 Å². The largest absolute Gasteiger partial charge is 0.404 e. The number of rotatable bonds is 1. The minimum absolute atomic E-state index is 0.564. The summed E-state index contributed by atoms with van der Waals surface area (Å²) in [5, 5.41) is 0. The molecular formula is C6H9BrN2O. The Morgan fingerprint density at radius 3 is 3.10 bits per heavy atom. The second kappa shape index (κ2) is 3.73. The fraction of sp³-hybridized carbons (Fsp3) is 0.500. The van der Waals surface area contributed by atoms with Crippen molar-refractivity contribution >= 4 is 21.6 Å². The van der Waals surface area contributed by atoms with E-state index in [4.69, 9.17) is 10.5 Å². The van der Waals surface area contributed by atoms with E-state index in [-0.39, 0.29) is 0 Å². The molecule has 1 heterocycles. The van der Waals surface area contributed by atoms with Crippen LogP contribution in [0.15, 0.2) is 15.7 Å². The molecule has 0 aromatic heterocycles. The molecule has 56 valence electrons. The summed E-state index contributed by atoms with van der Waals surface area (Å²) in [7, 11) is 0. The van der Waals surface area contributed by atoms with Crippen molar-refractivity contribution in [1.82, 2.24) is 0 Å². The summed E-state index contributed by atoms with van der Waals surface area (Å²) < 4.78 is 5.97. The van der Waals surface area contributed by atoms with Gasteiger partial charge in [0.15, 0.2) is 0 Å². The lowest BCUT2D eigenvalue weighted by molar-refractivity contribution is 0.171. The van der Waals surface area contributed by atoms with E-state index >= 15 is 0 Å². The van der Waals surface area contributed by atoms with E-state index in [1.165, 1.54) is 6.20 Å². The number of nitrogens with two attached hydrogens (primary N) is 1. The van der Waals surface area contributed by atoms with Gasteiger partial charge in [0, 0.05) is 6.20 Å². The Kier molecular flexibility index (Phi) is 2.89. The smallest absolute Gasteiger partial charge is 0.0896 e. The van der Waals surface area contributed by atoms with Gasteiger partial charge in [0.05, 0.1) is 30.0 Å². The maximum atomic E-state index is 5.26. The van der Waals surface area contributed by atoms with Gasteiger partial charge in [-0.05, 0) is 15.9 Å². The van der Waals surface area contributed by atoms with Crippen LogP contribution in [0.4, 0.5) is 0 Å². The van der Waals surface area contributed by atoms with Crippen molar-refractivity contribution in [2.45, 2.75) is 0 Å². The first kappa shape index (κ1) is 7.75. The minimum atomic E-state index is 0.564. The summed E-state index contributed by atoms with van der Waals surface area (Å²) in [6.45, 7) is 2.01. The lowest BCUT2D eigenvalue weighted by Gasteiger charge is -2.11. The van der Waals surface area contributed by atoms with Gasteiger partial charge < -0.3 is 10.5 Å². The predicted octanol–water partition coefficient (Wildman–Crippen LogP) is 0.653. The second-order valence-electron chi connectivity index (χ2n) is 1.90. The molecule has 0 fully saturated rings.